The number of non-ortho nitro benzene ring substituents is 1. The van der Waals surface area contributed by atoms with Crippen molar-refractivity contribution in [3.05, 3.63) is 70.3 Å². The average molecular weight is 508 g/mol. The zero-order valence-corrected chi connectivity index (χ0v) is 19.4. The summed E-state index contributed by atoms with van der Waals surface area (Å²) in [4.78, 5) is 23.6. The first-order chi connectivity index (χ1) is 17.9. The zero-order chi connectivity index (χ0) is 26.1. The van der Waals surface area contributed by atoms with E-state index in [0.717, 1.165) is 5.56 Å². The molecule has 0 bridgehead atoms. The summed E-state index contributed by atoms with van der Waals surface area (Å²) < 4.78 is 13.2. The van der Waals surface area contributed by atoms with Crippen molar-refractivity contribution in [3.63, 3.8) is 0 Å². The largest absolute Gasteiger partial charge is 0.476 e. The van der Waals surface area contributed by atoms with Crippen LogP contribution in [0.15, 0.2) is 54.6 Å². The highest BCUT2D eigenvalue weighted by Gasteiger charge is 2.45. The van der Waals surface area contributed by atoms with Gasteiger partial charge in [-0.1, -0.05) is 42.5 Å². The van der Waals surface area contributed by atoms with E-state index in [2.05, 4.69) is 15.0 Å². The normalized spacial score (nSPS) is 21.4. The van der Waals surface area contributed by atoms with Crippen LogP contribution in [-0.4, -0.2) is 71.3 Å². The number of nitrogens with zero attached hydrogens (tertiary/aromatic N) is 5. The summed E-state index contributed by atoms with van der Waals surface area (Å²) >= 11 is 0. The number of nitrogens with two attached hydrogens (primary N) is 1. The number of hydrogen-bond donors (Lipinski definition) is 4. The summed E-state index contributed by atoms with van der Waals surface area (Å²) in [7, 11) is 0. The minimum Gasteiger partial charge on any atom is -0.476 e. The molecule has 5 N–H and O–H groups in total. The highest BCUT2D eigenvalue weighted by atomic mass is 16.6. The van der Waals surface area contributed by atoms with Crippen molar-refractivity contribution in [1.29, 1.82) is 0 Å². The highest BCUT2D eigenvalue weighted by molar-refractivity contribution is 5.82. The number of aliphatic hydroxyl groups excluding tert-OH is 3. The fourth-order valence-corrected chi connectivity index (χ4v) is 4.24. The highest BCUT2D eigenvalue weighted by Crippen LogP contribution is 2.37. The van der Waals surface area contributed by atoms with Crippen molar-refractivity contribution >= 4 is 22.8 Å². The van der Waals surface area contributed by atoms with Gasteiger partial charge in [0.15, 0.2) is 17.4 Å². The van der Waals surface area contributed by atoms with Gasteiger partial charge in [-0.2, -0.15) is 9.97 Å². The molecule has 2 aromatic carbocycles. The maximum Gasteiger partial charge on any atom is 0.269 e. The average Bonchev–Trinajstić information content (AvgIpc) is 3.41. The summed E-state index contributed by atoms with van der Waals surface area (Å²) in [5, 5.41) is 41.5. The van der Waals surface area contributed by atoms with E-state index in [-0.39, 0.29) is 35.3 Å². The van der Waals surface area contributed by atoms with E-state index in [1.807, 2.05) is 30.3 Å². The third kappa shape index (κ3) is 4.68. The number of nitrogen functional groups attached to an aromatic ring is 1. The molecular formula is C24H24N6O7. The lowest BCUT2D eigenvalue weighted by Crippen LogP contribution is -2.33. The van der Waals surface area contributed by atoms with Gasteiger partial charge in [-0.05, 0) is 5.56 Å². The van der Waals surface area contributed by atoms with Gasteiger partial charge in [-0.15, -0.1) is 0 Å². The molecule has 4 aromatic rings. The van der Waals surface area contributed by atoms with Crippen LogP contribution in [0.1, 0.15) is 11.8 Å². The summed E-state index contributed by atoms with van der Waals surface area (Å²) in [5.41, 5.74) is 7.96. The fraction of sp³-hybridized carbons (Fsp3) is 0.292. The molecule has 0 amide bonds. The number of nitro groups is 1. The fourth-order valence-electron chi connectivity index (χ4n) is 4.24. The van der Waals surface area contributed by atoms with Crippen molar-refractivity contribution in [1.82, 2.24) is 19.5 Å². The van der Waals surface area contributed by atoms with Gasteiger partial charge in [0.2, 0.25) is 11.8 Å². The Labute approximate surface area is 209 Å². The van der Waals surface area contributed by atoms with Crippen molar-refractivity contribution < 1.29 is 29.7 Å². The summed E-state index contributed by atoms with van der Waals surface area (Å²) in [5.74, 6) is 0.364. The van der Waals surface area contributed by atoms with Crippen LogP contribution < -0.4 is 10.5 Å². The Bertz CT molecular complexity index is 1410. The quantitative estimate of drug-likeness (QED) is 0.197. The number of ether oxygens (including phenoxy) is 2. The van der Waals surface area contributed by atoms with Crippen LogP contribution in [0.25, 0.3) is 22.6 Å². The second-order valence-corrected chi connectivity index (χ2v) is 8.48. The molecular weight excluding hydrogens is 484 g/mol. The van der Waals surface area contributed by atoms with Crippen molar-refractivity contribution in [3.8, 4) is 17.3 Å². The van der Waals surface area contributed by atoms with Crippen LogP contribution in [0.4, 0.5) is 11.6 Å². The van der Waals surface area contributed by atoms with Crippen molar-refractivity contribution in [2.45, 2.75) is 31.0 Å². The molecule has 37 heavy (non-hydrogen) atoms. The molecule has 1 unspecified atom stereocenters. The second kappa shape index (κ2) is 10.1. The molecule has 1 fully saturated rings. The van der Waals surface area contributed by atoms with E-state index in [0.29, 0.717) is 17.8 Å². The van der Waals surface area contributed by atoms with Gasteiger partial charge < -0.3 is 30.5 Å². The van der Waals surface area contributed by atoms with Crippen LogP contribution >= 0.6 is 0 Å². The van der Waals surface area contributed by atoms with Crippen molar-refractivity contribution in [2.75, 3.05) is 18.9 Å². The summed E-state index contributed by atoms with van der Waals surface area (Å²) in [6.07, 6.45) is -4.38. The monoisotopic (exact) mass is 508 g/mol. The Morgan fingerprint density at radius 1 is 1.05 bits per heavy atom. The van der Waals surface area contributed by atoms with Crippen LogP contribution in [0.3, 0.4) is 0 Å². The molecule has 192 valence electrons. The lowest BCUT2D eigenvalue weighted by molar-refractivity contribution is -0.384. The van der Waals surface area contributed by atoms with Crippen molar-refractivity contribution in [2.24, 2.45) is 0 Å². The van der Waals surface area contributed by atoms with Crippen LogP contribution in [0.2, 0.25) is 0 Å². The number of imidazole rings is 1. The lowest BCUT2D eigenvalue weighted by Gasteiger charge is -2.19. The first kappa shape index (κ1) is 24.5. The molecule has 4 atom stereocenters. The number of fused-ring (bicyclic) bond motifs is 1. The van der Waals surface area contributed by atoms with Gasteiger partial charge in [-0.3, -0.25) is 14.7 Å². The van der Waals surface area contributed by atoms with Gasteiger partial charge in [-0.25, -0.2) is 4.98 Å². The Hall–Kier alpha value is -4.17. The SMILES string of the molecule is Nc1nc(OCCc2ccc([N+](=O)[O-])cc2)c2nc(-c3ccccc3)n(C3O[C@H](CO)[C@@H](O)[C@H]3O)c2n1. The number of aromatic nitrogens is 4. The number of nitro benzene ring substituents is 1. The molecule has 13 heteroatoms. The van der Waals surface area contributed by atoms with Crippen LogP contribution in [0, 0.1) is 10.1 Å². The molecule has 1 aliphatic heterocycles. The maximum absolute atomic E-state index is 10.9. The van der Waals surface area contributed by atoms with Gasteiger partial charge in [0, 0.05) is 24.1 Å². The number of hydrogen-bond acceptors (Lipinski definition) is 11. The van der Waals surface area contributed by atoms with Crippen LogP contribution in [-0.2, 0) is 11.2 Å². The molecule has 0 radical (unpaired) electrons. The smallest absolute Gasteiger partial charge is 0.269 e. The minimum atomic E-state index is -1.38. The molecule has 3 heterocycles. The van der Waals surface area contributed by atoms with Gasteiger partial charge in [0.25, 0.3) is 5.69 Å². The molecule has 1 aliphatic rings. The molecule has 0 spiro atoms. The summed E-state index contributed by atoms with van der Waals surface area (Å²) in [6.45, 7) is -0.319. The standard InChI is InChI=1S/C24H24N6O7/c25-24-27-21-17(22(28-24)36-11-10-13-6-8-15(9-7-13)30(34)35)26-20(14-4-2-1-3-5-14)29(21)23-19(33)18(32)16(12-31)37-23/h1-9,16,18-19,23,31-33H,10-12H2,(H2,25,27,28)/t16-,18-,19-,23?/m1/s1. The van der Waals surface area contributed by atoms with E-state index in [4.69, 9.17) is 15.2 Å². The number of aliphatic hydroxyl groups is 3. The Morgan fingerprint density at radius 2 is 1.78 bits per heavy atom. The second-order valence-electron chi connectivity index (χ2n) is 8.48. The Balaban J connectivity index is 1.51. The molecule has 0 aliphatic carbocycles. The molecule has 13 nitrogen and oxygen atoms in total. The number of benzene rings is 2. The predicted octanol–water partition coefficient (Wildman–Crippen LogP) is 1.22. The van der Waals surface area contributed by atoms with Gasteiger partial charge in [0.05, 0.1) is 18.1 Å². The van der Waals surface area contributed by atoms with Gasteiger partial charge >= 0.3 is 0 Å². The topological polar surface area (TPSA) is 192 Å². The van der Waals surface area contributed by atoms with Crippen LogP contribution in [0.5, 0.6) is 5.88 Å². The van der Waals surface area contributed by atoms with E-state index in [1.165, 1.54) is 16.7 Å². The Kier molecular flexibility index (Phi) is 6.67. The zero-order valence-electron chi connectivity index (χ0n) is 19.4. The molecule has 1 saturated heterocycles. The molecule has 5 rings (SSSR count). The third-order valence-corrected chi connectivity index (χ3v) is 6.11. The first-order valence-corrected chi connectivity index (χ1v) is 11.5. The van der Waals surface area contributed by atoms with E-state index in [9.17, 15) is 25.4 Å². The number of rotatable bonds is 8. The van der Waals surface area contributed by atoms with E-state index < -0.39 is 36.1 Å². The van der Waals surface area contributed by atoms with E-state index >= 15 is 0 Å². The minimum absolute atomic E-state index is 0.00110. The van der Waals surface area contributed by atoms with E-state index in [1.54, 1.807) is 12.1 Å². The molecule has 2 aromatic heterocycles. The molecule has 0 saturated carbocycles. The maximum atomic E-state index is 10.9. The summed E-state index contributed by atoms with van der Waals surface area (Å²) in [6, 6.07) is 15.2. The predicted molar refractivity (Wildman–Crippen MR) is 130 cm³/mol. The first-order valence-electron chi connectivity index (χ1n) is 11.5. The number of anilines is 1. The van der Waals surface area contributed by atoms with Gasteiger partial charge in [0.1, 0.15) is 24.1 Å². The Morgan fingerprint density at radius 3 is 2.43 bits per heavy atom. The third-order valence-electron chi connectivity index (χ3n) is 6.11. The lowest BCUT2D eigenvalue weighted by atomic mass is 10.1.